The molecule has 176 valence electrons. The molecule has 34 heavy (non-hydrogen) atoms. The van der Waals surface area contributed by atoms with Gasteiger partial charge < -0.3 is 10.6 Å². The molecule has 0 aliphatic carbocycles. The van der Waals surface area contributed by atoms with E-state index in [1.807, 2.05) is 48.5 Å². The number of hydrogen-bond acceptors (Lipinski definition) is 6. The fourth-order valence-electron chi connectivity index (χ4n) is 4.09. The highest BCUT2D eigenvalue weighted by atomic mass is 32.2. The molecule has 3 N–H and O–H groups in total. The van der Waals surface area contributed by atoms with Crippen molar-refractivity contribution in [3.05, 3.63) is 78.0 Å². The third-order valence-electron chi connectivity index (χ3n) is 5.99. The lowest BCUT2D eigenvalue weighted by atomic mass is 9.85. The van der Waals surface area contributed by atoms with Gasteiger partial charge >= 0.3 is 0 Å². The molecular weight excluding hydrogens is 452 g/mol. The first-order valence-electron chi connectivity index (χ1n) is 11.0. The summed E-state index contributed by atoms with van der Waals surface area (Å²) in [4.78, 5) is 13.1. The molecule has 1 aliphatic rings. The monoisotopic (exact) mass is 478 g/mol. The van der Waals surface area contributed by atoms with Crippen LogP contribution in [0.4, 0.5) is 11.5 Å². The lowest BCUT2D eigenvalue weighted by Gasteiger charge is -2.40. The van der Waals surface area contributed by atoms with Gasteiger partial charge in [0.25, 0.3) is 5.91 Å². The molecule has 1 aromatic heterocycles. The van der Waals surface area contributed by atoms with Gasteiger partial charge in [-0.1, -0.05) is 48.5 Å². The summed E-state index contributed by atoms with van der Waals surface area (Å²) in [6.07, 6.45) is 2.21. The van der Waals surface area contributed by atoms with Crippen LogP contribution in [0.1, 0.15) is 35.2 Å². The highest BCUT2D eigenvalue weighted by Gasteiger charge is 2.39. The van der Waals surface area contributed by atoms with E-state index in [1.165, 1.54) is 10.5 Å². The standard InChI is InChI=1S/C24H26N6O3S/c25-14-11-24(12-15-30(16-13-24)34(32,33)18-19-7-3-1-4-8-19)28-23(31)21-17-26-29-22(21)27-20-9-5-2-6-10-20/h1-10,17H,11-13,15-16,18H2,(H,28,31)(H2,26,27,29). The predicted octanol–water partition coefficient (Wildman–Crippen LogP) is 3.16. The molecule has 0 bridgehead atoms. The Bertz CT molecular complexity index is 1260. The molecule has 0 spiro atoms. The van der Waals surface area contributed by atoms with Gasteiger partial charge in [-0.05, 0) is 30.5 Å². The van der Waals surface area contributed by atoms with Crippen molar-refractivity contribution in [1.82, 2.24) is 19.8 Å². The highest BCUT2D eigenvalue weighted by Crippen LogP contribution is 2.29. The number of carbonyl (C=O) groups excluding carboxylic acids is 1. The van der Waals surface area contributed by atoms with E-state index in [1.54, 1.807) is 12.1 Å². The fraction of sp³-hybridized carbons (Fsp3) is 0.292. The van der Waals surface area contributed by atoms with Crippen LogP contribution in [-0.4, -0.2) is 47.5 Å². The van der Waals surface area contributed by atoms with E-state index in [9.17, 15) is 18.5 Å². The maximum Gasteiger partial charge on any atom is 0.257 e. The number of para-hydroxylation sites is 1. The van der Waals surface area contributed by atoms with Crippen molar-refractivity contribution in [2.75, 3.05) is 18.4 Å². The largest absolute Gasteiger partial charge is 0.345 e. The number of piperidine rings is 1. The third-order valence-corrected chi connectivity index (χ3v) is 7.84. The zero-order valence-corrected chi connectivity index (χ0v) is 19.4. The number of nitrogens with zero attached hydrogens (tertiary/aromatic N) is 3. The summed E-state index contributed by atoms with van der Waals surface area (Å²) in [5.41, 5.74) is 1.03. The molecular formula is C24H26N6O3S. The predicted molar refractivity (Wildman–Crippen MR) is 129 cm³/mol. The molecule has 3 aromatic rings. The van der Waals surface area contributed by atoms with Gasteiger partial charge in [-0.2, -0.15) is 10.4 Å². The zero-order chi connectivity index (χ0) is 24.0. The number of benzene rings is 2. The molecule has 9 nitrogen and oxygen atoms in total. The number of sulfonamides is 1. The fourth-order valence-corrected chi connectivity index (χ4v) is 5.63. The summed E-state index contributed by atoms with van der Waals surface area (Å²) in [6, 6.07) is 20.6. The van der Waals surface area contributed by atoms with E-state index < -0.39 is 15.6 Å². The van der Waals surface area contributed by atoms with Gasteiger partial charge in [-0.3, -0.25) is 9.89 Å². The van der Waals surface area contributed by atoms with Crippen LogP contribution in [0.25, 0.3) is 0 Å². The Balaban J connectivity index is 1.44. The maximum atomic E-state index is 13.1. The second-order valence-electron chi connectivity index (χ2n) is 8.36. The minimum atomic E-state index is -3.50. The number of H-pyrrole nitrogens is 1. The first-order valence-corrected chi connectivity index (χ1v) is 12.6. The number of rotatable bonds is 8. The Morgan fingerprint density at radius 2 is 1.74 bits per heavy atom. The summed E-state index contributed by atoms with van der Waals surface area (Å²) in [7, 11) is -3.50. The molecule has 4 rings (SSSR count). The van der Waals surface area contributed by atoms with Gasteiger partial charge in [0.2, 0.25) is 10.0 Å². The van der Waals surface area contributed by atoms with Crippen LogP contribution >= 0.6 is 0 Å². The summed E-state index contributed by atoms with van der Waals surface area (Å²) in [5, 5.41) is 22.3. The number of nitrogens with one attached hydrogen (secondary N) is 3. The van der Waals surface area contributed by atoms with E-state index in [0.717, 1.165) is 11.3 Å². The van der Waals surface area contributed by atoms with Gasteiger partial charge in [0.1, 0.15) is 11.4 Å². The minimum Gasteiger partial charge on any atom is -0.345 e. The van der Waals surface area contributed by atoms with Gasteiger partial charge in [0.05, 0.1) is 30.0 Å². The highest BCUT2D eigenvalue weighted by molar-refractivity contribution is 7.88. The number of hydrogen-bond donors (Lipinski definition) is 3. The lowest BCUT2D eigenvalue weighted by molar-refractivity contribution is 0.0859. The Kier molecular flexibility index (Phi) is 6.95. The average Bonchev–Trinajstić information content (AvgIpc) is 3.29. The second kappa shape index (κ2) is 10.1. The zero-order valence-electron chi connectivity index (χ0n) is 18.6. The van der Waals surface area contributed by atoms with Crippen molar-refractivity contribution in [3.63, 3.8) is 0 Å². The molecule has 10 heteroatoms. The van der Waals surface area contributed by atoms with Crippen LogP contribution in [0.5, 0.6) is 0 Å². The Morgan fingerprint density at radius 1 is 1.09 bits per heavy atom. The number of aromatic nitrogens is 2. The number of carbonyl (C=O) groups is 1. The topological polar surface area (TPSA) is 131 Å². The molecule has 0 atom stereocenters. The van der Waals surface area contributed by atoms with Crippen molar-refractivity contribution < 1.29 is 13.2 Å². The lowest BCUT2D eigenvalue weighted by Crippen LogP contribution is -2.56. The van der Waals surface area contributed by atoms with E-state index >= 15 is 0 Å². The number of nitriles is 1. The number of amides is 1. The van der Waals surface area contributed by atoms with Gasteiger partial charge in [-0.15, -0.1) is 0 Å². The van der Waals surface area contributed by atoms with Crippen molar-refractivity contribution in [2.24, 2.45) is 0 Å². The molecule has 0 radical (unpaired) electrons. The summed E-state index contributed by atoms with van der Waals surface area (Å²) >= 11 is 0. The van der Waals surface area contributed by atoms with Crippen LogP contribution in [0.2, 0.25) is 0 Å². The van der Waals surface area contributed by atoms with Crippen LogP contribution in [0, 0.1) is 11.3 Å². The van der Waals surface area contributed by atoms with Crippen molar-refractivity contribution >= 4 is 27.4 Å². The number of aromatic amines is 1. The molecule has 0 saturated carbocycles. The smallest absolute Gasteiger partial charge is 0.257 e. The summed E-state index contributed by atoms with van der Waals surface area (Å²) in [6.45, 7) is 0.468. The first-order chi connectivity index (χ1) is 16.4. The first kappa shape index (κ1) is 23.5. The van der Waals surface area contributed by atoms with Crippen molar-refractivity contribution in [1.29, 1.82) is 5.26 Å². The molecule has 1 fully saturated rings. The second-order valence-corrected chi connectivity index (χ2v) is 10.3. The molecule has 2 aromatic carbocycles. The quantitative estimate of drug-likeness (QED) is 0.456. The van der Waals surface area contributed by atoms with E-state index in [4.69, 9.17) is 0 Å². The summed E-state index contributed by atoms with van der Waals surface area (Å²) < 4.78 is 27.3. The maximum absolute atomic E-state index is 13.1. The van der Waals surface area contributed by atoms with Gasteiger partial charge in [-0.25, -0.2) is 12.7 Å². The molecule has 1 saturated heterocycles. The Morgan fingerprint density at radius 3 is 2.38 bits per heavy atom. The normalized spacial score (nSPS) is 15.9. The molecule has 0 unspecified atom stereocenters. The molecule has 1 aliphatic heterocycles. The molecule has 1 amide bonds. The van der Waals surface area contributed by atoms with Crippen LogP contribution in [0.15, 0.2) is 66.9 Å². The van der Waals surface area contributed by atoms with E-state index in [2.05, 4.69) is 26.9 Å². The van der Waals surface area contributed by atoms with Crippen LogP contribution in [0.3, 0.4) is 0 Å². The molecule has 2 heterocycles. The van der Waals surface area contributed by atoms with Crippen LogP contribution in [-0.2, 0) is 15.8 Å². The minimum absolute atomic E-state index is 0.0744. The van der Waals surface area contributed by atoms with Gasteiger partial charge in [0, 0.05) is 18.8 Å². The third kappa shape index (κ3) is 5.44. The average molecular weight is 479 g/mol. The Hall–Kier alpha value is -3.68. The number of anilines is 2. The van der Waals surface area contributed by atoms with E-state index in [0.29, 0.717) is 24.2 Å². The summed E-state index contributed by atoms with van der Waals surface area (Å²) in [5.74, 6) is -0.00340. The van der Waals surface area contributed by atoms with Crippen LogP contribution < -0.4 is 10.6 Å². The SMILES string of the molecule is N#CCC1(NC(=O)c2cn[nH]c2Nc2ccccc2)CCN(S(=O)(=O)Cc2ccccc2)CC1. The van der Waals surface area contributed by atoms with Crippen molar-refractivity contribution in [3.8, 4) is 6.07 Å². The Labute approximate surface area is 198 Å². The van der Waals surface area contributed by atoms with Crippen molar-refractivity contribution in [2.45, 2.75) is 30.6 Å². The van der Waals surface area contributed by atoms with E-state index in [-0.39, 0.29) is 31.2 Å². The van der Waals surface area contributed by atoms with Gasteiger partial charge in [0.15, 0.2) is 0 Å².